The van der Waals surface area contributed by atoms with Crippen LogP contribution in [0.1, 0.15) is 16.5 Å². The Bertz CT molecular complexity index is 1100. The average molecular weight is 429 g/mol. The molecule has 3 heterocycles. The van der Waals surface area contributed by atoms with Crippen LogP contribution in [0.4, 0.5) is 22.0 Å². The van der Waals surface area contributed by atoms with E-state index in [9.17, 15) is 4.39 Å². The Kier molecular flexibility index (Phi) is 5.67. The van der Waals surface area contributed by atoms with E-state index in [1.165, 1.54) is 28.8 Å². The van der Waals surface area contributed by atoms with Crippen molar-refractivity contribution < 1.29 is 4.39 Å². The summed E-state index contributed by atoms with van der Waals surface area (Å²) in [4.78, 5) is 13.9. The number of thioether (sulfide) groups is 1. The lowest BCUT2D eigenvalue weighted by molar-refractivity contribution is 0.628. The number of hydrogen-bond donors (Lipinski definition) is 2. The zero-order valence-electron chi connectivity index (χ0n) is 15.4. The molecule has 11 heteroatoms. The molecule has 3 N–H and O–H groups in total. The number of rotatable bonds is 7. The molecule has 0 aliphatic rings. The van der Waals surface area contributed by atoms with Gasteiger partial charge in [0.1, 0.15) is 17.5 Å². The van der Waals surface area contributed by atoms with Gasteiger partial charge < -0.3 is 15.6 Å². The summed E-state index contributed by atoms with van der Waals surface area (Å²) in [6.07, 6.45) is 0.742. The molecule has 0 amide bonds. The van der Waals surface area contributed by atoms with Crippen molar-refractivity contribution >= 4 is 40.7 Å². The number of anilines is 3. The topological polar surface area (TPSA) is 107 Å². The molecule has 0 radical (unpaired) electrons. The fraction of sp³-hybridized carbons (Fsp3) is 0.167. The molecule has 0 aliphatic carbocycles. The van der Waals surface area contributed by atoms with Crippen LogP contribution in [0, 0.1) is 5.82 Å². The van der Waals surface area contributed by atoms with E-state index in [0.29, 0.717) is 23.2 Å². The molecule has 0 unspecified atom stereocenters. The molecule has 0 aliphatic heterocycles. The summed E-state index contributed by atoms with van der Waals surface area (Å²) in [6.45, 7) is 0. The molecule has 0 saturated heterocycles. The molecule has 1 aromatic carbocycles. The number of nitrogens with zero attached hydrogens (tertiary/aromatic N) is 6. The van der Waals surface area contributed by atoms with Crippen molar-refractivity contribution in [3.63, 3.8) is 0 Å². The van der Waals surface area contributed by atoms with Gasteiger partial charge >= 0.3 is 0 Å². The second-order valence-electron chi connectivity index (χ2n) is 6.07. The summed E-state index contributed by atoms with van der Waals surface area (Å²) in [5, 5.41) is 14.4. The lowest BCUT2D eigenvalue weighted by Gasteiger charge is -2.07. The van der Waals surface area contributed by atoms with Crippen LogP contribution in [0.5, 0.6) is 0 Å². The minimum Gasteiger partial charge on any atom is -0.368 e. The number of benzene rings is 1. The standard InChI is InChI=1S/C18H17FN8S2/c1-27-15(9-13-3-2-8-28-13)25-26-18(27)29-10-14-22-16(20)24-17(23-14)21-12-6-4-11(19)5-7-12/h2-8H,9-10H2,1H3,(H3,20,21,22,23,24). The summed E-state index contributed by atoms with van der Waals surface area (Å²) in [6, 6.07) is 10.00. The van der Waals surface area contributed by atoms with E-state index in [1.54, 1.807) is 23.5 Å². The highest BCUT2D eigenvalue weighted by Gasteiger charge is 2.12. The number of nitrogen functional groups attached to an aromatic ring is 1. The Morgan fingerprint density at radius 3 is 2.72 bits per heavy atom. The number of nitrogens with one attached hydrogen (secondary N) is 1. The van der Waals surface area contributed by atoms with Crippen molar-refractivity contribution in [3.8, 4) is 0 Å². The zero-order valence-corrected chi connectivity index (χ0v) is 17.0. The highest BCUT2D eigenvalue weighted by atomic mass is 32.2. The van der Waals surface area contributed by atoms with Gasteiger partial charge in [0.05, 0.1) is 5.75 Å². The summed E-state index contributed by atoms with van der Waals surface area (Å²) < 4.78 is 15.0. The van der Waals surface area contributed by atoms with Crippen LogP contribution in [0.15, 0.2) is 46.9 Å². The molecule has 29 heavy (non-hydrogen) atoms. The minimum absolute atomic E-state index is 0.108. The van der Waals surface area contributed by atoms with Gasteiger partial charge in [-0.05, 0) is 35.7 Å². The predicted octanol–water partition coefficient (Wildman–Crippen LogP) is 3.41. The van der Waals surface area contributed by atoms with E-state index in [1.807, 2.05) is 23.1 Å². The quantitative estimate of drug-likeness (QED) is 0.431. The maximum atomic E-state index is 13.1. The molecule has 0 atom stereocenters. The first-order valence-electron chi connectivity index (χ1n) is 8.63. The van der Waals surface area contributed by atoms with E-state index >= 15 is 0 Å². The molecule has 0 bridgehead atoms. The summed E-state index contributed by atoms with van der Waals surface area (Å²) >= 11 is 3.16. The third-order valence-electron chi connectivity index (χ3n) is 3.97. The van der Waals surface area contributed by atoms with Gasteiger partial charge in [-0.3, -0.25) is 0 Å². The largest absolute Gasteiger partial charge is 0.368 e. The first-order chi connectivity index (χ1) is 14.1. The number of thiophene rings is 1. The van der Waals surface area contributed by atoms with Gasteiger partial charge in [-0.15, -0.1) is 21.5 Å². The summed E-state index contributed by atoms with van der Waals surface area (Å²) in [5.41, 5.74) is 6.47. The van der Waals surface area contributed by atoms with E-state index in [-0.39, 0.29) is 11.8 Å². The van der Waals surface area contributed by atoms with Gasteiger partial charge in [-0.1, -0.05) is 17.8 Å². The number of halogens is 1. The molecule has 148 valence electrons. The Balaban J connectivity index is 1.44. The SMILES string of the molecule is Cn1c(Cc2cccs2)nnc1SCc1nc(N)nc(Nc2ccc(F)cc2)n1. The molecular formula is C18H17FN8S2. The first kappa shape index (κ1) is 19.3. The summed E-state index contributed by atoms with van der Waals surface area (Å²) in [5.74, 6) is 1.95. The lowest BCUT2D eigenvalue weighted by Crippen LogP contribution is -2.07. The fourth-order valence-corrected chi connectivity index (χ4v) is 4.03. The molecule has 8 nitrogen and oxygen atoms in total. The van der Waals surface area contributed by atoms with Gasteiger partial charge in [-0.25, -0.2) is 4.39 Å². The third kappa shape index (κ3) is 4.87. The van der Waals surface area contributed by atoms with Gasteiger partial charge in [0.15, 0.2) is 5.16 Å². The molecule has 0 saturated carbocycles. The minimum atomic E-state index is -0.315. The second kappa shape index (κ2) is 8.53. The number of hydrogen-bond acceptors (Lipinski definition) is 9. The van der Waals surface area contributed by atoms with Crippen LogP contribution in [0.2, 0.25) is 0 Å². The van der Waals surface area contributed by atoms with Crippen LogP contribution in [0.25, 0.3) is 0 Å². The smallest absolute Gasteiger partial charge is 0.232 e. The molecule has 3 aromatic heterocycles. The van der Waals surface area contributed by atoms with Gasteiger partial charge in [0.2, 0.25) is 11.9 Å². The second-order valence-corrected chi connectivity index (χ2v) is 8.04. The lowest BCUT2D eigenvalue weighted by atomic mass is 10.3. The van der Waals surface area contributed by atoms with Crippen molar-refractivity contribution in [2.24, 2.45) is 7.05 Å². The molecule has 0 spiro atoms. The predicted molar refractivity (Wildman–Crippen MR) is 112 cm³/mol. The van der Waals surface area contributed by atoms with Gasteiger partial charge in [-0.2, -0.15) is 15.0 Å². The van der Waals surface area contributed by atoms with Crippen LogP contribution >= 0.6 is 23.1 Å². The van der Waals surface area contributed by atoms with Crippen LogP contribution in [0.3, 0.4) is 0 Å². The third-order valence-corrected chi connectivity index (χ3v) is 5.86. The van der Waals surface area contributed by atoms with Crippen LogP contribution < -0.4 is 11.1 Å². The zero-order chi connectivity index (χ0) is 20.2. The van der Waals surface area contributed by atoms with Crippen molar-refractivity contribution in [2.75, 3.05) is 11.1 Å². The maximum absolute atomic E-state index is 13.1. The van der Waals surface area contributed by atoms with Gasteiger partial charge in [0, 0.05) is 24.0 Å². The van der Waals surface area contributed by atoms with Crippen LogP contribution in [-0.4, -0.2) is 29.7 Å². The normalized spacial score (nSPS) is 11.0. The Morgan fingerprint density at radius 2 is 1.97 bits per heavy atom. The number of aromatic nitrogens is 6. The number of nitrogens with two attached hydrogens (primary N) is 1. The molecule has 0 fully saturated rings. The van der Waals surface area contributed by atoms with Crippen molar-refractivity contribution in [1.29, 1.82) is 0 Å². The van der Waals surface area contributed by atoms with E-state index < -0.39 is 0 Å². The van der Waals surface area contributed by atoms with E-state index in [0.717, 1.165) is 17.4 Å². The average Bonchev–Trinajstić information content (AvgIpc) is 3.33. The first-order valence-corrected chi connectivity index (χ1v) is 10.5. The van der Waals surface area contributed by atoms with Crippen molar-refractivity contribution in [2.45, 2.75) is 17.3 Å². The molecule has 4 aromatic rings. The molecular weight excluding hydrogens is 411 g/mol. The Hall–Kier alpha value is -3.05. The van der Waals surface area contributed by atoms with E-state index in [4.69, 9.17) is 5.73 Å². The van der Waals surface area contributed by atoms with Crippen molar-refractivity contribution in [3.05, 3.63) is 64.1 Å². The maximum Gasteiger partial charge on any atom is 0.232 e. The highest BCUT2D eigenvalue weighted by molar-refractivity contribution is 7.98. The van der Waals surface area contributed by atoms with E-state index in [2.05, 4.69) is 36.5 Å². The van der Waals surface area contributed by atoms with Gasteiger partial charge in [0.25, 0.3) is 0 Å². The highest BCUT2D eigenvalue weighted by Crippen LogP contribution is 2.22. The summed E-state index contributed by atoms with van der Waals surface area (Å²) in [7, 11) is 1.94. The van der Waals surface area contributed by atoms with Crippen LogP contribution in [-0.2, 0) is 19.2 Å². The monoisotopic (exact) mass is 428 g/mol. The molecule has 4 rings (SSSR count). The Morgan fingerprint density at radius 1 is 1.14 bits per heavy atom. The van der Waals surface area contributed by atoms with Crippen molar-refractivity contribution in [1.82, 2.24) is 29.7 Å². The fourth-order valence-electron chi connectivity index (χ4n) is 2.54. The Labute approximate surface area is 174 Å².